The van der Waals surface area contributed by atoms with E-state index in [2.05, 4.69) is 31.7 Å². The minimum atomic E-state index is -0.617. The van der Waals surface area contributed by atoms with Crippen LogP contribution in [0.1, 0.15) is 11.1 Å². The van der Waals surface area contributed by atoms with Gasteiger partial charge in [0.2, 0.25) is 17.4 Å². The van der Waals surface area contributed by atoms with Crippen LogP contribution in [0.25, 0.3) is 5.70 Å². The van der Waals surface area contributed by atoms with Crippen LogP contribution in [0.15, 0.2) is 81.6 Å². The summed E-state index contributed by atoms with van der Waals surface area (Å²) < 4.78 is 0.180. The number of rotatable bonds is 3. The molecule has 0 bridgehead atoms. The summed E-state index contributed by atoms with van der Waals surface area (Å²) in [5, 5.41) is 17.1. The molecule has 166 valence electrons. The molecule has 0 saturated carbocycles. The number of halogens is 2. The monoisotopic (exact) mass is 542 g/mol. The molecule has 2 aliphatic heterocycles. The van der Waals surface area contributed by atoms with Gasteiger partial charge in [0.25, 0.3) is 0 Å². The van der Waals surface area contributed by atoms with Gasteiger partial charge in [-0.2, -0.15) is 4.99 Å². The molecule has 7 nitrogen and oxygen atoms in total. The number of fused-ring (bicyclic) bond motifs is 3. The topological polar surface area (TPSA) is 94.0 Å². The first-order valence-electron chi connectivity index (χ1n) is 9.90. The van der Waals surface area contributed by atoms with Crippen LogP contribution < -0.4 is 10.7 Å². The molecule has 2 heterocycles. The maximum atomic E-state index is 12.2. The zero-order chi connectivity index (χ0) is 23.1. The number of nitrogens with one attached hydrogen (secondary N) is 2. The number of hydrogen-bond donors (Lipinski definition) is 3. The molecule has 0 radical (unpaired) electrons. The Morgan fingerprint density at radius 2 is 1.88 bits per heavy atom. The largest absolute Gasteiger partial charge is 0.492 e. The molecule has 3 aliphatic rings. The van der Waals surface area contributed by atoms with E-state index in [-0.39, 0.29) is 10.4 Å². The van der Waals surface area contributed by atoms with E-state index in [0.29, 0.717) is 27.2 Å². The number of carbonyl (C=O) groups is 2. The van der Waals surface area contributed by atoms with Crippen LogP contribution in [0.5, 0.6) is 0 Å². The summed E-state index contributed by atoms with van der Waals surface area (Å²) in [7, 11) is 0. The predicted molar refractivity (Wildman–Crippen MR) is 134 cm³/mol. The summed E-state index contributed by atoms with van der Waals surface area (Å²) in [4.78, 5) is 28.5. The van der Waals surface area contributed by atoms with Gasteiger partial charge in [-0.3, -0.25) is 20.0 Å². The summed E-state index contributed by atoms with van der Waals surface area (Å²) in [5.74, 6) is -0.833. The first kappa shape index (κ1) is 21.8. The van der Waals surface area contributed by atoms with Gasteiger partial charge in [-0.05, 0) is 45.8 Å². The number of aliphatic hydroxyl groups is 1. The first-order chi connectivity index (χ1) is 15.9. The molecule has 3 N–H and O–H groups in total. The van der Waals surface area contributed by atoms with Crippen molar-refractivity contribution in [3.8, 4) is 0 Å². The Hall–Kier alpha value is -3.01. The van der Waals surface area contributed by atoms with Crippen LogP contribution >= 0.6 is 39.3 Å². The normalized spacial score (nSPS) is 19.6. The summed E-state index contributed by atoms with van der Waals surface area (Å²) >= 11 is 10.8. The van der Waals surface area contributed by atoms with E-state index in [4.69, 9.17) is 11.6 Å². The van der Waals surface area contributed by atoms with Crippen molar-refractivity contribution >= 4 is 67.4 Å². The molecule has 0 unspecified atom stereocenters. The molecule has 0 fully saturated rings. The van der Waals surface area contributed by atoms with E-state index in [1.807, 2.05) is 48.5 Å². The molecule has 2 aromatic carbocycles. The summed E-state index contributed by atoms with van der Waals surface area (Å²) in [6, 6.07) is 15.0. The molecule has 0 spiro atoms. The second kappa shape index (κ2) is 8.74. The number of carbonyl (C=O) groups excluding carboxylic acids is 2. The highest BCUT2D eigenvalue weighted by Crippen LogP contribution is 2.39. The Kier molecular flexibility index (Phi) is 5.77. The highest BCUT2D eigenvalue weighted by Gasteiger charge is 2.38. The number of aliphatic imine (C=N–C) groups is 1. The molecule has 33 heavy (non-hydrogen) atoms. The van der Waals surface area contributed by atoms with Crippen LogP contribution in [-0.2, 0) is 15.3 Å². The van der Waals surface area contributed by atoms with E-state index in [1.54, 1.807) is 11.1 Å². The number of Topliss-reactive ketones (excluding diaryl/α,β-unsaturated/α-hetero) is 1. The number of nitrogens with zero attached hydrogens (tertiary/aromatic N) is 2. The van der Waals surface area contributed by atoms with Crippen molar-refractivity contribution in [3.63, 3.8) is 0 Å². The zero-order valence-electron chi connectivity index (χ0n) is 16.9. The minimum absolute atomic E-state index is 0.156. The molecular formula is C23H16BrClN4O3S. The predicted octanol–water partition coefficient (Wildman–Crippen LogP) is 4.74. The number of amidine groups is 1. The van der Waals surface area contributed by atoms with Crippen LogP contribution in [0.3, 0.4) is 0 Å². The Balaban J connectivity index is 1.52. The van der Waals surface area contributed by atoms with Crippen molar-refractivity contribution in [1.82, 2.24) is 10.4 Å². The van der Waals surface area contributed by atoms with Crippen LogP contribution in [-0.4, -0.2) is 33.0 Å². The number of para-hydroxylation sites is 1. The van der Waals surface area contributed by atoms with Gasteiger partial charge in [-0.25, -0.2) is 0 Å². The van der Waals surface area contributed by atoms with Crippen molar-refractivity contribution in [1.29, 1.82) is 0 Å². The van der Waals surface area contributed by atoms with Gasteiger partial charge in [0.15, 0.2) is 5.17 Å². The maximum Gasteiger partial charge on any atom is 0.240 e. The third-order valence-electron chi connectivity index (χ3n) is 5.28. The fraction of sp³-hybridized carbons (Fsp3) is 0.0870. The Labute approximate surface area is 207 Å². The van der Waals surface area contributed by atoms with Crippen LogP contribution in [0.4, 0.5) is 5.69 Å². The number of thioether (sulfide) groups is 1. The third-order valence-corrected chi connectivity index (χ3v) is 7.15. The van der Waals surface area contributed by atoms with Gasteiger partial charge >= 0.3 is 0 Å². The fourth-order valence-corrected chi connectivity index (χ4v) is 5.32. The van der Waals surface area contributed by atoms with Crippen molar-refractivity contribution in [2.24, 2.45) is 4.99 Å². The van der Waals surface area contributed by atoms with E-state index >= 15 is 0 Å². The SMILES string of the molecule is O=C1C=C([C@H]2Nc3ccccc3C3=C(O)N=C(SCc4ccccc4Cl)NN32)C=C(Br)C1=O. The van der Waals surface area contributed by atoms with Crippen molar-refractivity contribution in [2.45, 2.75) is 11.9 Å². The van der Waals surface area contributed by atoms with Gasteiger partial charge in [-0.15, -0.1) is 0 Å². The number of benzene rings is 2. The summed E-state index contributed by atoms with van der Waals surface area (Å²) in [6.07, 6.45) is 2.32. The Morgan fingerprint density at radius 1 is 1.12 bits per heavy atom. The Morgan fingerprint density at radius 3 is 2.67 bits per heavy atom. The number of ketones is 2. The van der Waals surface area contributed by atoms with Crippen molar-refractivity contribution in [2.75, 3.05) is 5.32 Å². The molecule has 5 rings (SSSR count). The van der Waals surface area contributed by atoms with E-state index in [1.165, 1.54) is 17.8 Å². The van der Waals surface area contributed by atoms with Gasteiger partial charge in [0, 0.05) is 27.6 Å². The minimum Gasteiger partial charge on any atom is -0.492 e. The molecule has 2 aromatic rings. The molecule has 10 heteroatoms. The lowest BCUT2D eigenvalue weighted by Crippen LogP contribution is -2.55. The van der Waals surface area contributed by atoms with Crippen LogP contribution in [0.2, 0.25) is 5.02 Å². The number of anilines is 1. The third kappa shape index (κ3) is 4.07. The van der Waals surface area contributed by atoms with E-state index in [9.17, 15) is 14.7 Å². The lowest BCUT2D eigenvalue weighted by molar-refractivity contribution is -0.131. The zero-order valence-corrected chi connectivity index (χ0v) is 20.0. The number of allylic oxidation sites excluding steroid dienone is 2. The highest BCUT2D eigenvalue weighted by molar-refractivity contribution is 9.12. The number of aliphatic hydroxyl groups excluding tert-OH is 1. The average Bonchev–Trinajstić information content (AvgIpc) is 2.81. The van der Waals surface area contributed by atoms with Crippen molar-refractivity contribution < 1.29 is 14.7 Å². The first-order valence-corrected chi connectivity index (χ1v) is 12.1. The highest BCUT2D eigenvalue weighted by atomic mass is 79.9. The van der Waals surface area contributed by atoms with Crippen LogP contribution in [0, 0.1) is 0 Å². The van der Waals surface area contributed by atoms with Crippen molar-refractivity contribution in [3.05, 3.63) is 92.8 Å². The van der Waals surface area contributed by atoms with E-state index in [0.717, 1.165) is 16.8 Å². The van der Waals surface area contributed by atoms with Gasteiger partial charge < -0.3 is 10.4 Å². The second-order valence-corrected chi connectivity index (χ2v) is 9.60. The standard InChI is InChI=1S/C23H16BrClN4O3S/c24-15-9-13(10-18(30)20(15)31)21-26-17-8-4-2-6-14(17)19-22(32)27-23(28-29(19)21)33-11-12-5-1-3-7-16(12)25/h1-10,21,26,32H,11H2,(H,27,28)/t21-/m0/s1. The summed E-state index contributed by atoms with van der Waals surface area (Å²) in [5.41, 5.74) is 6.71. The van der Waals surface area contributed by atoms with Gasteiger partial charge in [-0.1, -0.05) is 59.8 Å². The van der Waals surface area contributed by atoms with E-state index < -0.39 is 17.7 Å². The quantitative estimate of drug-likeness (QED) is 0.380. The molecule has 1 atom stereocenters. The smallest absolute Gasteiger partial charge is 0.240 e. The summed E-state index contributed by atoms with van der Waals surface area (Å²) in [6.45, 7) is 0. The molecular weight excluding hydrogens is 528 g/mol. The molecule has 1 aliphatic carbocycles. The lowest BCUT2D eigenvalue weighted by atomic mass is 9.98. The van der Waals surface area contributed by atoms with Gasteiger partial charge in [0.1, 0.15) is 11.9 Å². The maximum absolute atomic E-state index is 12.2. The number of hydrazine groups is 1. The molecule has 0 aromatic heterocycles. The fourth-order valence-electron chi connectivity index (χ4n) is 3.72. The average molecular weight is 544 g/mol. The molecule has 0 amide bonds. The second-order valence-electron chi connectivity index (χ2n) is 7.37. The van der Waals surface area contributed by atoms with Gasteiger partial charge in [0.05, 0.1) is 4.48 Å². The lowest BCUT2D eigenvalue weighted by Gasteiger charge is -2.43. The Bertz CT molecular complexity index is 1320. The molecule has 0 saturated heterocycles. The number of hydrogen-bond acceptors (Lipinski definition) is 8.